The predicted octanol–water partition coefficient (Wildman–Crippen LogP) is 9.88. The summed E-state index contributed by atoms with van der Waals surface area (Å²) in [5.41, 5.74) is 2.67. The lowest BCUT2D eigenvalue weighted by atomic mass is 10.1. The molecule has 0 saturated carbocycles. The summed E-state index contributed by atoms with van der Waals surface area (Å²) in [7, 11) is 0. The lowest BCUT2D eigenvalue weighted by molar-refractivity contribution is -0.116. The smallest absolute Gasteiger partial charge is 0.272 e. The van der Waals surface area contributed by atoms with E-state index in [1.807, 2.05) is 61.5 Å². The highest BCUT2D eigenvalue weighted by molar-refractivity contribution is 8.00. The second-order valence-corrected chi connectivity index (χ2v) is 14.0. The van der Waals surface area contributed by atoms with Crippen molar-refractivity contribution in [1.82, 2.24) is 10.3 Å². The molecule has 8 nitrogen and oxygen atoms in total. The number of hydrogen-bond acceptors (Lipinski definition) is 7. The van der Waals surface area contributed by atoms with Crippen LogP contribution in [0.3, 0.4) is 0 Å². The SMILES string of the molecule is CCOc1ccc2nc(NC(=O)C(Sc3cccc(NC(=O)/C(=C\c4c(Cl)cccc4Cl)NC(=O)c4ccccc4)c3)c3ccccc3)sc2c1. The summed E-state index contributed by atoms with van der Waals surface area (Å²) in [4.78, 5) is 46.0. The van der Waals surface area contributed by atoms with E-state index in [0.717, 1.165) is 26.4 Å². The molecule has 6 aromatic rings. The summed E-state index contributed by atoms with van der Waals surface area (Å²) in [5, 5.41) is 9.02. The minimum atomic E-state index is -0.647. The van der Waals surface area contributed by atoms with Crippen LogP contribution in [0.5, 0.6) is 5.75 Å². The van der Waals surface area contributed by atoms with Gasteiger partial charge in [0, 0.05) is 31.8 Å². The molecule has 12 heteroatoms. The average Bonchev–Trinajstić information content (AvgIpc) is 3.54. The molecule has 51 heavy (non-hydrogen) atoms. The number of anilines is 2. The Labute approximate surface area is 312 Å². The molecule has 1 aromatic heterocycles. The zero-order valence-electron chi connectivity index (χ0n) is 27.1. The first-order valence-electron chi connectivity index (χ1n) is 15.8. The number of thiazole rings is 1. The standard InChI is InChI=1S/C39H30Cl2N4O4S2/c1-2-49-27-19-20-32-34(22-27)51-39(44-32)45-38(48)35(24-11-5-3-6-12-24)50-28-16-9-15-26(21-28)42-37(47)33(23-29-30(40)17-10-18-31(29)41)43-36(46)25-13-7-4-8-14-25/h3-23,35H,2H2,1H3,(H,42,47)(H,43,46)(H,44,45,48)/b33-23+. The highest BCUT2D eigenvalue weighted by Gasteiger charge is 2.24. The molecule has 0 spiro atoms. The number of nitrogens with one attached hydrogen (secondary N) is 3. The van der Waals surface area contributed by atoms with Gasteiger partial charge in [0.15, 0.2) is 5.13 Å². The van der Waals surface area contributed by atoms with Gasteiger partial charge in [-0.3, -0.25) is 14.4 Å². The summed E-state index contributed by atoms with van der Waals surface area (Å²) in [6.45, 7) is 2.47. The molecule has 0 saturated heterocycles. The summed E-state index contributed by atoms with van der Waals surface area (Å²) in [5.74, 6) is -0.595. The van der Waals surface area contributed by atoms with E-state index in [4.69, 9.17) is 27.9 Å². The molecule has 0 aliphatic rings. The maximum atomic E-state index is 13.8. The second-order valence-electron chi connectivity index (χ2n) is 11.0. The van der Waals surface area contributed by atoms with Crippen molar-refractivity contribution in [1.29, 1.82) is 0 Å². The lowest BCUT2D eigenvalue weighted by Gasteiger charge is -2.17. The van der Waals surface area contributed by atoms with Crippen LogP contribution in [-0.4, -0.2) is 29.3 Å². The number of ether oxygens (including phenoxy) is 1. The van der Waals surface area contributed by atoms with Crippen LogP contribution < -0.4 is 20.7 Å². The van der Waals surface area contributed by atoms with Crippen LogP contribution in [0.1, 0.15) is 33.7 Å². The van der Waals surface area contributed by atoms with Crippen molar-refractivity contribution in [3.05, 3.63) is 154 Å². The maximum absolute atomic E-state index is 13.8. The van der Waals surface area contributed by atoms with E-state index in [1.54, 1.807) is 66.7 Å². The lowest BCUT2D eigenvalue weighted by Crippen LogP contribution is -2.30. The Kier molecular flexibility index (Phi) is 11.7. The molecule has 256 valence electrons. The van der Waals surface area contributed by atoms with Crippen molar-refractivity contribution < 1.29 is 19.1 Å². The van der Waals surface area contributed by atoms with Gasteiger partial charge in [-0.15, -0.1) is 11.8 Å². The van der Waals surface area contributed by atoms with Crippen molar-refractivity contribution >= 4 is 91.1 Å². The van der Waals surface area contributed by atoms with Gasteiger partial charge in [-0.2, -0.15) is 0 Å². The molecule has 0 bridgehead atoms. The Bertz CT molecular complexity index is 2210. The molecule has 3 N–H and O–H groups in total. The first-order chi connectivity index (χ1) is 24.8. The van der Waals surface area contributed by atoms with Crippen LogP contribution in [0.2, 0.25) is 10.0 Å². The average molecular weight is 754 g/mol. The third kappa shape index (κ3) is 9.16. The Balaban J connectivity index is 1.24. The molecule has 0 aliphatic carbocycles. The Hall–Kier alpha value is -5.13. The van der Waals surface area contributed by atoms with Crippen molar-refractivity contribution in [3.8, 4) is 5.75 Å². The highest BCUT2D eigenvalue weighted by atomic mass is 35.5. The minimum absolute atomic E-state index is 0.0670. The summed E-state index contributed by atoms with van der Waals surface area (Å²) < 4.78 is 6.51. The van der Waals surface area contributed by atoms with Gasteiger partial charge in [-0.1, -0.05) is 95.2 Å². The van der Waals surface area contributed by atoms with Crippen molar-refractivity contribution in [3.63, 3.8) is 0 Å². The molecule has 1 unspecified atom stereocenters. The third-order valence-corrected chi connectivity index (χ3v) is 10.2. The zero-order chi connectivity index (χ0) is 35.7. The quantitative estimate of drug-likeness (QED) is 0.0848. The zero-order valence-corrected chi connectivity index (χ0v) is 30.2. The fraction of sp³-hybridized carbons (Fsp3) is 0.0769. The summed E-state index contributed by atoms with van der Waals surface area (Å²) in [6, 6.07) is 35.7. The number of thioether (sulfide) groups is 1. The molecule has 0 radical (unpaired) electrons. The van der Waals surface area contributed by atoms with Crippen LogP contribution in [0.4, 0.5) is 10.8 Å². The number of carbonyl (C=O) groups is 3. The molecule has 5 aromatic carbocycles. The van der Waals surface area contributed by atoms with E-state index in [0.29, 0.717) is 38.6 Å². The summed E-state index contributed by atoms with van der Waals surface area (Å²) >= 11 is 15.5. The number of hydrogen-bond donors (Lipinski definition) is 3. The van der Waals surface area contributed by atoms with Crippen molar-refractivity contribution in [2.45, 2.75) is 17.1 Å². The Morgan fingerprint density at radius 3 is 2.27 bits per heavy atom. The molecule has 6 rings (SSSR count). The molecule has 3 amide bonds. The van der Waals surface area contributed by atoms with Crippen LogP contribution in [0.25, 0.3) is 16.3 Å². The van der Waals surface area contributed by atoms with Gasteiger partial charge in [-0.25, -0.2) is 4.98 Å². The minimum Gasteiger partial charge on any atom is -0.494 e. The largest absolute Gasteiger partial charge is 0.494 e. The molecule has 1 atom stereocenters. The number of halogens is 2. The molecule has 0 aliphatic heterocycles. The molecule has 1 heterocycles. The molecular formula is C39H30Cl2N4O4S2. The number of benzene rings is 5. The van der Waals surface area contributed by atoms with Crippen LogP contribution >= 0.6 is 46.3 Å². The van der Waals surface area contributed by atoms with E-state index in [-0.39, 0.29) is 11.6 Å². The van der Waals surface area contributed by atoms with Gasteiger partial charge in [0.2, 0.25) is 5.91 Å². The number of carbonyl (C=O) groups excluding carboxylic acids is 3. The topological polar surface area (TPSA) is 109 Å². The Morgan fingerprint density at radius 1 is 0.843 bits per heavy atom. The van der Waals surface area contributed by atoms with E-state index < -0.39 is 17.1 Å². The summed E-state index contributed by atoms with van der Waals surface area (Å²) in [6.07, 6.45) is 1.44. The number of amides is 3. The van der Waals surface area contributed by atoms with Crippen LogP contribution in [0.15, 0.2) is 132 Å². The maximum Gasteiger partial charge on any atom is 0.272 e. The van der Waals surface area contributed by atoms with E-state index in [9.17, 15) is 14.4 Å². The first-order valence-corrected chi connectivity index (χ1v) is 18.2. The highest BCUT2D eigenvalue weighted by Crippen LogP contribution is 2.38. The van der Waals surface area contributed by atoms with Crippen LogP contribution in [0, 0.1) is 0 Å². The monoisotopic (exact) mass is 752 g/mol. The van der Waals surface area contributed by atoms with Gasteiger partial charge in [0.1, 0.15) is 16.7 Å². The Morgan fingerprint density at radius 2 is 1.55 bits per heavy atom. The van der Waals surface area contributed by atoms with Crippen LogP contribution in [-0.2, 0) is 9.59 Å². The number of rotatable bonds is 12. The van der Waals surface area contributed by atoms with Gasteiger partial charge >= 0.3 is 0 Å². The van der Waals surface area contributed by atoms with Gasteiger partial charge in [0.05, 0.1) is 16.8 Å². The van der Waals surface area contributed by atoms with E-state index >= 15 is 0 Å². The van der Waals surface area contributed by atoms with Gasteiger partial charge < -0.3 is 20.7 Å². The van der Waals surface area contributed by atoms with E-state index in [2.05, 4.69) is 20.9 Å². The van der Waals surface area contributed by atoms with Gasteiger partial charge in [0.25, 0.3) is 11.8 Å². The van der Waals surface area contributed by atoms with Gasteiger partial charge in [-0.05, 0) is 79.2 Å². The third-order valence-electron chi connectivity index (χ3n) is 7.40. The number of nitrogens with zero attached hydrogens (tertiary/aromatic N) is 1. The predicted molar refractivity (Wildman–Crippen MR) is 208 cm³/mol. The number of fused-ring (bicyclic) bond motifs is 1. The fourth-order valence-electron chi connectivity index (χ4n) is 5.00. The molecular weight excluding hydrogens is 723 g/mol. The molecule has 0 fully saturated rings. The fourth-order valence-corrected chi connectivity index (χ4v) is 7.49. The van der Waals surface area contributed by atoms with Crippen molar-refractivity contribution in [2.75, 3.05) is 17.2 Å². The first kappa shape index (κ1) is 35.7. The number of aromatic nitrogens is 1. The normalized spacial score (nSPS) is 11.9. The second kappa shape index (κ2) is 16.7. The van der Waals surface area contributed by atoms with Crippen molar-refractivity contribution in [2.24, 2.45) is 0 Å². The van der Waals surface area contributed by atoms with E-state index in [1.165, 1.54) is 29.2 Å².